The molecule has 3 N–H and O–H groups in total. The number of carbonyl (C=O) groups excluding carboxylic acids is 2. The van der Waals surface area contributed by atoms with E-state index in [1.807, 2.05) is 6.07 Å². The Kier molecular flexibility index (Phi) is 7.88. The molecule has 0 atom stereocenters. The fraction of sp³-hybridized carbons (Fsp3) is 0.500. The van der Waals surface area contributed by atoms with Crippen LogP contribution in [0.25, 0.3) is 0 Å². The molecule has 0 unspecified atom stereocenters. The average Bonchev–Trinajstić information content (AvgIpc) is 3.37. The molecule has 156 valence electrons. The molecule has 1 fully saturated rings. The van der Waals surface area contributed by atoms with Crippen LogP contribution in [-0.2, 0) is 4.79 Å². The standard InChI is InChI=1S/C20H27N5O2S2/c1-13(2)11-21-19-24-25-20(29-19)28-12-17(26)23-16-10-6-5-9-15(16)18(27)22-14-7-3-4-8-14/h5-6,9-10,13-14H,3-4,7-8,11-12H2,1-2H3,(H,21,24)(H,22,27)(H,23,26). The number of aromatic nitrogens is 2. The molecule has 0 saturated heterocycles. The largest absolute Gasteiger partial charge is 0.360 e. The summed E-state index contributed by atoms with van der Waals surface area (Å²) in [5.41, 5.74) is 1.03. The fourth-order valence-corrected chi connectivity index (χ4v) is 4.63. The van der Waals surface area contributed by atoms with E-state index in [-0.39, 0.29) is 23.6 Å². The summed E-state index contributed by atoms with van der Waals surface area (Å²) >= 11 is 2.77. The van der Waals surface area contributed by atoms with Crippen molar-refractivity contribution in [3.8, 4) is 0 Å². The summed E-state index contributed by atoms with van der Waals surface area (Å²) in [6.45, 7) is 5.08. The summed E-state index contributed by atoms with van der Waals surface area (Å²) in [5.74, 6) is 0.414. The number of carbonyl (C=O) groups is 2. The van der Waals surface area contributed by atoms with Gasteiger partial charge >= 0.3 is 0 Å². The van der Waals surface area contributed by atoms with Gasteiger partial charge in [-0.05, 0) is 30.9 Å². The van der Waals surface area contributed by atoms with Crippen LogP contribution in [0.5, 0.6) is 0 Å². The topological polar surface area (TPSA) is 96.0 Å². The molecule has 2 aromatic rings. The quantitative estimate of drug-likeness (QED) is 0.517. The van der Waals surface area contributed by atoms with Crippen molar-refractivity contribution in [2.24, 2.45) is 5.92 Å². The first-order chi connectivity index (χ1) is 14.0. The zero-order valence-corrected chi connectivity index (χ0v) is 18.4. The van der Waals surface area contributed by atoms with E-state index in [9.17, 15) is 9.59 Å². The Morgan fingerprint density at radius 2 is 1.97 bits per heavy atom. The molecule has 0 bridgehead atoms. The van der Waals surface area contributed by atoms with Gasteiger partial charge < -0.3 is 16.0 Å². The van der Waals surface area contributed by atoms with Gasteiger partial charge in [0.15, 0.2) is 4.34 Å². The van der Waals surface area contributed by atoms with E-state index in [2.05, 4.69) is 40.0 Å². The van der Waals surface area contributed by atoms with E-state index in [0.717, 1.165) is 41.7 Å². The molecule has 2 amide bonds. The van der Waals surface area contributed by atoms with Gasteiger partial charge in [-0.25, -0.2) is 0 Å². The molecule has 29 heavy (non-hydrogen) atoms. The summed E-state index contributed by atoms with van der Waals surface area (Å²) in [5, 5.41) is 18.1. The van der Waals surface area contributed by atoms with Crippen molar-refractivity contribution in [2.45, 2.75) is 49.9 Å². The number of anilines is 2. The number of thioether (sulfide) groups is 1. The Labute approximate surface area is 179 Å². The summed E-state index contributed by atoms with van der Waals surface area (Å²) < 4.78 is 0.735. The van der Waals surface area contributed by atoms with E-state index in [0.29, 0.717) is 17.2 Å². The number of hydrogen-bond acceptors (Lipinski definition) is 7. The van der Waals surface area contributed by atoms with Crippen LogP contribution in [0.4, 0.5) is 10.8 Å². The van der Waals surface area contributed by atoms with E-state index < -0.39 is 0 Å². The molecule has 0 aliphatic heterocycles. The number of amides is 2. The average molecular weight is 434 g/mol. The monoisotopic (exact) mass is 433 g/mol. The number of nitrogens with zero attached hydrogens (tertiary/aromatic N) is 2. The van der Waals surface area contributed by atoms with Crippen LogP contribution in [0.15, 0.2) is 28.6 Å². The highest BCUT2D eigenvalue weighted by atomic mass is 32.2. The molecule has 1 heterocycles. The van der Waals surface area contributed by atoms with Gasteiger partial charge in [-0.2, -0.15) is 0 Å². The summed E-state index contributed by atoms with van der Waals surface area (Å²) in [4.78, 5) is 25.0. The Morgan fingerprint density at radius 3 is 2.72 bits per heavy atom. The van der Waals surface area contributed by atoms with Crippen molar-refractivity contribution in [1.82, 2.24) is 15.5 Å². The van der Waals surface area contributed by atoms with Gasteiger partial charge in [0, 0.05) is 12.6 Å². The predicted octanol–water partition coefficient (Wildman–Crippen LogP) is 4.01. The summed E-state index contributed by atoms with van der Waals surface area (Å²) in [6.07, 6.45) is 4.35. The minimum Gasteiger partial charge on any atom is -0.360 e. The van der Waals surface area contributed by atoms with Gasteiger partial charge in [0.1, 0.15) is 0 Å². The minimum absolute atomic E-state index is 0.134. The van der Waals surface area contributed by atoms with Crippen LogP contribution in [0, 0.1) is 5.92 Å². The number of benzene rings is 1. The predicted molar refractivity (Wildman–Crippen MR) is 119 cm³/mol. The van der Waals surface area contributed by atoms with Crippen molar-refractivity contribution in [3.05, 3.63) is 29.8 Å². The second-order valence-electron chi connectivity index (χ2n) is 7.49. The van der Waals surface area contributed by atoms with Gasteiger partial charge in [-0.3, -0.25) is 9.59 Å². The van der Waals surface area contributed by atoms with E-state index in [4.69, 9.17) is 0 Å². The Balaban J connectivity index is 1.52. The number of nitrogens with one attached hydrogen (secondary N) is 3. The lowest BCUT2D eigenvalue weighted by atomic mass is 10.1. The molecule has 0 radical (unpaired) electrons. The fourth-order valence-electron chi connectivity index (χ4n) is 3.07. The Hall–Kier alpha value is -2.13. The lowest BCUT2D eigenvalue weighted by Crippen LogP contribution is -2.33. The van der Waals surface area contributed by atoms with Crippen LogP contribution >= 0.6 is 23.1 Å². The number of para-hydroxylation sites is 1. The molecular weight excluding hydrogens is 406 g/mol. The maximum absolute atomic E-state index is 12.6. The van der Waals surface area contributed by atoms with Crippen molar-refractivity contribution in [1.29, 1.82) is 0 Å². The second kappa shape index (κ2) is 10.6. The molecule has 1 aliphatic carbocycles. The van der Waals surface area contributed by atoms with E-state index in [1.54, 1.807) is 18.2 Å². The first kappa shape index (κ1) is 21.6. The second-order valence-corrected chi connectivity index (χ2v) is 9.69. The Morgan fingerprint density at radius 1 is 1.21 bits per heavy atom. The summed E-state index contributed by atoms with van der Waals surface area (Å²) in [6, 6.07) is 7.35. The van der Waals surface area contributed by atoms with Gasteiger partial charge in [-0.1, -0.05) is 61.9 Å². The lowest BCUT2D eigenvalue weighted by molar-refractivity contribution is -0.113. The van der Waals surface area contributed by atoms with Crippen molar-refractivity contribution < 1.29 is 9.59 Å². The van der Waals surface area contributed by atoms with E-state index in [1.165, 1.54) is 23.1 Å². The SMILES string of the molecule is CC(C)CNc1nnc(SCC(=O)Nc2ccccc2C(=O)NC2CCCC2)s1. The molecular formula is C20H27N5O2S2. The zero-order chi connectivity index (χ0) is 20.6. The van der Waals surface area contributed by atoms with Crippen molar-refractivity contribution in [2.75, 3.05) is 22.9 Å². The van der Waals surface area contributed by atoms with Crippen LogP contribution in [0.3, 0.4) is 0 Å². The Bertz CT molecular complexity index is 834. The zero-order valence-electron chi connectivity index (χ0n) is 16.7. The number of hydrogen-bond donors (Lipinski definition) is 3. The normalized spacial score (nSPS) is 14.2. The van der Waals surface area contributed by atoms with Gasteiger partial charge in [0.05, 0.1) is 17.0 Å². The molecule has 1 saturated carbocycles. The van der Waals surface area contributed by atoms with Crippen LogP contribution in [0.2, 0.25) is 0 Å². The molecule has 1 aromatic carbocycles. The van der Waals surface area contributed by atoms with Gasteiger partial charge in [0.2, 0.25) is 11.0 Å². The minimum atomic E-state index is -0.178. The maximum Gasteiger partial charge on any atom is 0.253 e. The highest BCUT2D eigenvalue weighted by Crippen LogP contribution is 2.26. The maximum atomic E-state index is 12.6. The molecule has 1 aromatic heterocycles. The highest BCUT2D eigenvalue weighted by Gasteiger charge is 2.20. The third-order valence-electron chi connectivity index (χ3n) is 4.53. The third-order valence-corrected chi connectivity index (χ3v) is 6.55. The van der Waals surface area contributed by atoms with Gasteiger partial charge in [-0.15, -0.1) is 10.2 Å². The third kappa shape index (κ3) is 6.71. The van der Waals surface area contributed by atoms with Crippen LogP contribution in [-0.4, -0.2) is 40.4 Å². The molecule has 9 heteroatoms. The van der Waals surface area contributed by atoms with Crippen LogP contribution in [0.1, 0.15) is 49.9 Å². The first-order valence-electron chi connectivity index (χ1n) is 9.91. The summed E-state index contributed by atoms with van der Waals surface area (Å²) in [7, 11) is 0. The van der Waals surface area contributed by atoms with E-state index >= 15 is 0 Å². The molecule has 7 nitrogen and oxygen atoms in total. The van der Waals surface area contributed by atoms with Crippen LogP contribution < -0.4 is 16.0 Å². The van der Waals surface area contributed by atoms with Gasteiger partial charge in [0.25, 0.3) is 5.91 Å². The van der Waals surface area contributed by atoms with Crippen molar-refractivity contribution >= 4 is 45.7 Å². The molecule has 3 rings (SSSR count). The highest BCUT2D eigenvalue weighted by molar-refractivity contribution is 8.01. The smallest absolute Gasteiger partial charge is 0.253 e. The molecule has 0 spiro atoms. The number of rotatable bonds is 9. The lowest BCUT2D eigenvalue weighted by Gasteiger charge is -2.14. The van der Waals surface area contributed by atoms with Crippen molar-refractivity contribution in [3.63, 3.8) is 0 Å². The first-order valence-corrected chi connectivity index (χ1v) is 11.7. The molecule has 1 aliphatic rings.